The first-order valence-electron chi connectivity index (χ1n) is 12.6. The Hall–Kier alpha value is -4.46. The van der Waals surface area contributed by atoms with Gasteiger partial charge in [-0.25, -0.2) is 5.43 Å². The van der Waals surface area contributed by atoms with E-state index in [9.17, 15) is 4.79 Å². The summed E-state index contributed by atoms with van der Waals surface area (Å²) in [5.41, 5.74) is 6.66. The molecule has 8 nitrogen and oxygen atoms in total. The molecule has 1 amide bonds. The Labute approximate surface area is 222 Å². The normalized spacial score (nSPS) is 11.2. The maximum atomic E-state index is 12.5. The van der Waals surface area contributed by atoms with Crippen molar-refractivity contribution < 1.29 is 23.4 Å². The Bertz CT molecular complexity index is 1380. The number of aromatic nitrogens is 1. The molecule has 38 heavy (non-hydrogen) atoms. The number of rotatable bonds is 11. The molecule has 4 rings (SSSR count). The van der Waals surface area contributed by atoms with Crippen LogP contribution in [0.2, 0.25) is 0 Å². The quantitative estimate of drug-likeness (QED) is 0.189. The van der Waals surface area contributed by atoms with E-state index in [1.54, 1.807) is 12.1 Å². The van der Waals surface area contributed by atoms with Crippen LogP contribution in [0.5, 0.6) is 17.2 Å². The molecule has 0 aliphatic heterocycles. The number of hydrazone groups is 1. The van der Waals surface area contributed by atoms with Gasteiger partial charge in [-0.1, -0.05) is 0 Å². The zero-order chi connectivity index (χ0) is 27.1. The van der Waals surface area contributed by atoms with Gasteiger partial charge in [0.15, 0.2) is 17.3 Å². The molecular formula is C30H33N3O5. The van der Waals surface area contributed by atoms with Crippen LogP contribution in [-0.4, -0.2) is 29.4 Å². The number of benzene rings is 2. The van der Waals surface area contributed by atoms with Crippen LogP contribution in [0.3, 0.4) is 0 Å². The molecule has 0 aliphatic rings. The van der Waals surface area contributed by atoms with Gasteiger partial charge in [0, 0.05) is 17.1 Å². The van der Waals surface area contributed by atoms with Crippen LogP contribution in [0.4, 0.5) is 0 Å². The van der Waals surface area contributed by atoms with Gasteiger partial charge in [-0.15, -0.1) is 0 Å². The fraction of sp³-hybridized carbons (Fsp3) is 0.267. The minimum Gasteiger partial charge on any atom is -0.490 e. The van der Waals surface area contributed by atoms with Crippen LogP contribution >= 0.6 is 0 Å². The molecule has 1 N–H and O–H groups in total. The van der Waals surface area contributed by atoms with E-state index in [0.717, 1.165) is 11.3 Å². The van der Waals surface area contributed by atoms with Crippen molar-refractivity contribution in [2.75, 3.05) is 6.61 Å². The van der Waals surface area contributed by atoms with Gasteiger partial charge < -0.3 is 23.2 Å². The lowest BCUT2D eigenvalue weighted by molar-refractivity contribution is 0.0923. The second-order valence-electron chi connectivity index (χ2n) is 9.00. The Kier molecular flexibility index (Phi) is 8.53. The van der Waals surface area contributed by atoms with E-state index in [2.05, 4.69) is 41.1 Å². The van der Waals surface area contributed by atoms with Crippen LogP contribution in [-0.2, 0) is 6.61 Å². The SMILES string of the molecule is CCOc1cc(/C=N/NC(=O)c2ccc(COc3ccc(-n4c(C)ccc4C)cc3)o2)ccc1OC(C)C. The molecule has 0 saturated heterocycles. The predicted octanol–water partition coefficient (Wildman–Crippen LogP) is 6.22. The summed E-state index contributed by atoms with van der Waals surface area (Å²) in [5, 5.41) is 4.04. The van der Waals surface area contributed by atoms with E-state index in [1.807, 2.05) is 63.2 Å². The van der Waals surface area contributed by atoms with Crippen molar-refractivity contribution in [3.8, 4) is 22.9 Å². The Morgan fingerprint density at radius 3 is 2.39 bits per heavy atom. The first kappa shape index (κ1) is 26.6. The summed E-state index contributed by atoms with van der Waals surface area (Å²) >= 11 is 0. The molecule has 2 aromatic heterocycles. The predicted molar refractivity (Wildman–Crippen MR) is 147 cm³/mol. The zero-order valence-electron chi connectivity index (χ0n) is 22.4. The van der Waals surface area contributed by atoms with Crippen molar-refractivity contribution in [2.24, 2.45) is 5.10 Å². The minimum atomic E-state index is -0.459. The number of ether oxygens (including phenoxy) is 3. The highest BCUT2D eigenvalue weighted by Crippen LogP contribution is 2.29. The number of amides is 1. The standard InChI is InChI=1S/C30H33N3O5/c1-6-35-29-17-23(9-15-27(29)37-20(2)3)18-31-32-30(34)28-16-14-26(38-28)19-36-25-12-10-24(11-13-25)33-21(4)7-8-22(33)5/h7-18,20H,6,19H2,1-5H3,(H,32,34)/b31-18+. The molecule has 2 aromatic carbocycles. The van der Waals surface area contributed by atoms with E-state index in [-0.39, 0.29) is 18.5 Å². The monoisotopic (exact) mass is 515 g/mol. The van der Waals surface area contributed by atoms with E-state index < -0.39 is 5.91 Å². The lowest BCUT2D eigenvalue weighted by Crippen LogP contribution is -2.16. The van der Waals surface area contributed by atoms with Crippen molar-refractivity contribution in [3.63, 3.8) is 0 Å². The smallest absolute Gasteiger partial charge is 0.307 e. The average molecular weight is 516 g/mol. The molecule has 0 radical (unpaired) electrons. The minimum absolute atomic E-state index is 0.0286. The Morgan fingerprint density at radius 1 is 0.974 bits per heavy atom. The number of hydrogen-bond acceptors (Lipinski definition) is 6. The number of aryl methyl sites for hydroxylation is 2. The highest BCUT2D eigenvalue weighted by Gasteiger charge is 2.12. The van der Waals surface area contributed by atoms with Gasteiger partial charge in [0.1, 0.15) is 18.1 Å². The van der Waals surface area contributed by atoms with Gasteiger partial charge in [0.2, 0.25) is 0 Å². The number of nitrogens with one attached hydrogen (secondary N) is 1. The fourth-order valence-corrected chi connectivity index (χ4v) is 3.94. The van der Waals surface area contributed by atoms with Crippen LogP contribution in [0.15, 0.2) is 76.2 Å². The summed E-state index contributed by atoms with van der Waals surface area (Å²) in [7, 11) is 0. The summed E-state index contributed by atoms with van der Waals surface area (Å²) < 4.78 is 25.1. The van der Waals surface area contributed by atoms with E-state index >= 15 is 0 Å². The van der Waals surface area contributed by atoms with Crippen LogP contribution in [0.25, 0.3) is 5.69 Å². The first-order valence-corrected chi connectivity index (χ1v) is 12.6. The molecule has 2 heterocycles. The van der Waals surface area contributed by atoms with Crippen LogP contribution in [0.1, 0.15) is 54.0 Å². The summed E-state index contributed by atoms with van der Waals surface area (Å²) in [4.78, 5) is 12.5. The van der Waals surface area contributed by atoms with Gasteiger partial charge >= 0.3 is 5.91 Å². The third kappa shape index (κ3) is 6.64. The molecule has 0 bridgehead atoms. The number of nitrogens with zero attached hydrogens (tertiary/aromatic N) is 2. The lowest BCUT2D eigenvalue weighted by Gasteiger charge is -2.14. The molecule has 0 aliphatic carbocycles. The fourth-order valence-electron chi connectivity index (χ4n) is 3.94. The van der Waals surface area contributed by atoms with Crippen molar-refractivity contribution in [2.45, 2.75) is 47.3 Å². The largest absolute Gasteiger partial charge is 0.490 e. The molecule has 0 atom stereocenters. The van der Waals surface area contributed by atoms with E-state index in [1.165, 1.54) is 17.6 Å². The van der Waals surface area contributed by atoms with Gasteiger partial charge in [0.05, 0.1) is 18.9 Å². The maximum absolute atomic E-state index is 12.5. The summed E-state index contributed by atoms with van der Waals surface area (Å²) in [6.45, 7) is 10.7. The third-order valence-corrected chi connectivity index (χ3v) is 5.64. The average Bonchev–Trinajstić information content (AvgIpc) is 3.51. The highest BCUT2D eigenvalue weighted by atomic mass is 16.5. The van der Waals surface area contributed by atoms with Gasteiger partial charge in [-0.05, 0) is 107 Å². The Morgan fingerprint density at radius 2 is 1.71 bits per heavy atom. The number of furan rings is 1. The number of carbonyl (C=O) groups is 1. The van der Waals surface area contributed by atoms with Gasteiger partial charge in [0.25, 0.3) is 0 Å². The second kappa shape index (κ2) is 12.2. The summed E-state index contributed by atoms with van der Waals surface area (Å²) in [6, 6.07) is 20.8. The number of hydrogen-bond donors (Lipinski definition) is 1. The third-order valence-electron chi connectivity index (χ3n) is 5.64. The Balaban J connectivity index is 1.31. The molecular weight excluding hydrogens is 482 g/mol. The van der Waals surface area contributed by atoms with Crippen molar-refractivity contribution in [1.29, 1.82) is 0 Å². The molecule has 8 heteroatoms. The zero-order valence-corrected chi connectivity index (χ0v) is 22.4. The topological polar surface area (TPSA) is 87.2 Å². The summed E-state index contributed by atoms with van der Waals surface area (Å²) in [5.74, 6) is 2.21. The van der Waals surface area contributed by atoms with Crippen LogP contribution < -0.4 is 19.6 Å². The number of carbonyl (C=O) groups excluding carboxylic acids is 1. The van der Waals surface area contributed by atoms with Gasteiger partial charge in [-0.2, -0.15) is 5.10 Å². The van der Waals surface area contributed by atoms with Crippen molar-refractivity contribution in [1.82, 2.24) is 9.99 Å². The molecule has 0 unspecified atom stereocenters. The van der Waals surface area contributed by atoms with Gasteiger partial charge in [-0.3, -0.25) is 4.79 Å². The second-order valence-corrected chi connectivity index (χ2v) is 9.00. The van der Waals surface area contributed by atoms with Crippen molar-refractivity contribution >= 4 is 12.1 Å². The molecule has 198 valence electrons. The maximum Gasteiger partial charge on any atom is 0.307 e. The lowest BCUT2D eigenvalue weighted by atomic mass is 10.2. The van der Waals surface area contributed by atoms with Crippen LogP contribution in [0, 0.1) is 13.8 Å². The molecule has 4 aromatic rings. The molecule has 0 spiro atoms. The molecule has 0 saturated carbocycles. The summed E-state index contributed by atoms with van der Waals surface area (Å²) in [6.07, 6.45) is 1.56. The first-order chi connectivity index (χ1) is 18.3. The van der Waals surface area contributed by atoms with E-state index in [4.69, 9.17) is 18.6 Å². The highest BCUT2D eigenvalue weighted by molar-refractivity contribution is 5.92. The van der Waals surface area contributed by atoms with E-state index in [0.29, 0.717) is 29.6 Å². The molecule has 0 fully saturated rings. The van der Waals surface area contributed by atoms with Crippen molar-refractivity contribution in [3.05, 3.63) is 95.2 Å².